The van der Waals surface area contributed by atoms with Gasteiger partial charge in [0, 0.05) is 15.8 Å². The molecule has 0 aliphatic rings. The van der Waals surface area contributed by atoms with Gasteiger partial charge in [0.25, 0.3) is 5.91 Å². The quantitative estimate of drug-likeness (QED) is 0.559. The summed E-state index contributed by atoms with van der Waals surface area (Å²) in [6.45, 7) is 0. The van der Waals surface area contributed by atoms with Gasteiger partial charge in [-0.3, -0.25) is 10.1 Å². The highest BCUT2D eigenvalue weighted by Gasteiger charge is 2.18. The van der Waals surface area contributed by atoms with Crippen molar-refractivity contribution in [2.45, 2.75) is 4.90 Å². The van der Waals surface area contributed by atoms with Gasteiger partial charge in [0.2, 0.25) is 10.0 Å². The Morgan fingerprint density at radius 3 is 2.38 bits per heavy atom. The zero-order valence-corrected chi connectivity index (χ0v) is 16.2. The number of carbonyl (C=O) groups excluding carboxylic acids is 1. The van der Waals surface area contributed by atoms with Crippen molar-refractivity contribution in [3.8, 4) is 0 Å². The third kappa shape index (κ3) is 4.02. The Bertz CT molecular complexity index is 1110. The number of fused-ring (bicyclic) bond motifs is 1. The summed E-state index contributed by atoms with van der Waals surface area (Å²) in [6, 6.07) is 13.1. The number of carbonyl (C=O) groups is 1. The molecular formula is C16H12ClN3O3S3. The second-order valence-electron chi connectivity index (χ2n) is 5.22. The minimum absolute atomic E-state index is 0.0185. The molecule has 0 atom stereocenters. The van der Waals surface area contributed by atoms with Crippen LogP contribution in [-0.4, -0.2) is 19.4 Å². The van der Waals surface area contributed by atoms with Crippen molar-refractivity contribution in [2.75, 3.05) is 5.32 Å². The number of hydrogen-bond acceptors (Lipinski definition) is 5. The highest BCUT2D eigenvalue weighted by Crippen LogP contribution is 2.34. The maximum absolute atomic E-state index is 12.4. The maximum Gasteiger partial charge on any atom is 0.269 e. The summed E-state index contributed by atoms with van der Waals surface area (Å²) in [7, 11) is -3.76. The fourth-order valence-corrected chi connectivity index (χ4v) is 4.35. The van der Waals surface area contributed by atoms with Crippen LogP contribution in [-0.2, 0) is 10.0 Å². The molecule has 4 N–H and O–H groups in total. The molecule has 134 valence electrons. The number of nitrogens with one attached hydrogen (secondary N) is 2. The number of thiophene rings is 1. The molecule has 0 spiro atoms. The summed E-state index contributed by atoms with van der Waals surface area (Å²) >= 11 is 12.7. The first kappa shape index (κ1) is 18.7. The van der Waals surface area contributed by atoms with Crippen molar-refractivity contribution in [1.29, 1.82) is 0 Å². The first-order valence-electron chi connectivity index (χ1n) is 7.18. The number of primary sulfonamides is 1. The molecule has 6 nitrogen and oxygen atoms in total. The van der Waals surface area contributed by atoms with Crippen molar-refractivity contribution in [3.63, 3.8) is 0 Å². The van der Waals surface area contributed by atoms with E-state index in [0.29, 0.717) is 15.6 Å². The molecular weight excluding hydrogens is 414 g/mol. The Morgan fingerprint density at radius 1 is 1.12 bits per heavy atom. The number of rotatable bonds is 3. The summed E-state index contributed by atoms with van der Waals surface area (Å²) in [5.74, 6) is -0.421. The second-order valence-corrected chi connectivity index (χ2v) is 8.62. The SMILES string of the molecule is NS(=O)(=O)c1ccc(NC(=S)NC(=O)c2sc3ccccc3c2Cl)cc1. The van der Waals surface area contributed by atoms with Gasteiger partial charge in [0.15, 0.2) is 5.11 Å². The van der Waals surface area contributed by atoms with E-state index in [2.05, 4.69) is 10.6 Å². The molecule has 10 heteroatoms. The van der Waals surface area contributed by atoms with Gasteiger partial charge >= 0.3 is 0 Å². The topological polar surface area (TPSA) is 101 Å². The lowest BCUT2D eigenvalue weighted by Crippen LogP contribution is -2.33. The van der Waals surface area contributed by atoms with Crippen LogP contribution in [0.25, 0.3) is 10.1 Å². The molecule has 3 rings (SSSR count). The lowest BCUT2D eigenvalue weighted by Gasteiger charge is -2.09. The zero-order valence-electron chi connectivity index (χ0n) is 13.0. The molecule has 2 aromatic carbocycles. The Morgan fingerprint density at radius 2 is 1.77 bits per heavy atom. The number of thiocarbonyl (C=S) groups is 1. The molecule has 0 fully saturated rings. The normalized spacial score (nSPS) is 11.3. The standard InChI is InChI=1S/C16H12ClN3O3S3/c17-13-11-3-1-2-4-12(11)25-14(13)15(21)20-16(24)19-9-5-7-10(8-6-9)26(18,22)23/h1-8H,(H2,18,22,23)(H2,19,20,21,24). The van der Waals surface area contributed by atoms with Crippen molar-refractivity contribution in [2.24, 2.45) is 5.14 Å². The first-order valence-corrected chi connectivity index (χ1v) is 10.3. The van der Waals surface area contributed by atoms with E-state index in [1.807, 2.05) is 24.3 Å². The van der Waals surface area contributed by atoms with Crippen LogP contribution in [0, 0.1) is 0 Å². The number of halogens is 1. The smallest absolute Gasteiger partial charge is 0.269 e. The van der Waals surface area contributed by atoms with E-state index in [1.165, 1.54) is 35.6 Å². The fraction of sp³-hybridized carbons (Fsp3) is 0. The van der Waals surface area contributed by atoms with Crippen molar-refractivity contribution >= 4 is 72.0 Å². The number of hydrogen-bond donors (Lipinski definition) is 3. The molecule has 0 aliphatic heterocycles. The molecule has 0 saturated carbocycles. The van der Waals surface area contributed by atoms with E-state index in [0.717, 1.165) is 10.1 Å². The summed E-state index contributed by atoms with van der Waals surface area (Å²) in [5, 5.41) is 11.6. The summed E-state index contributed by atoms with van der Waals surface area (Å²) in [5.41, 5.74) is 0.505. The van der Waals surface area contributed by atoms with E-state index in [1.54, 1.807) is 0 Å². The molecule has 0 unspecified atom stereocenters. The van der Waals surface area contributed by atoms with Gasteiger partial charge in [0.1, 0.15) is 4.88 Å². The summed E-state index contributed by atoms with van der Waals surface area (Å²) in [4.78, 5) is 12.8. The van der Waals surface area contributed by atoms with Crippen molar-refractivity contribution in [3.05, 3.63) is 58.4 Å². The van der Waals surface area contributed by atoms with Crippen LogP contribution in [0.1, 0.15) is 9.67 Å². The Hall–Kier alpha value is -2.04. The number of nitrogens with two attached hydrogens (primary N) is 1. The summed E-state index contributed by atoms with van der Waals surface area (Å²) in [6.07, 6.45) is 0. The molecule has 1 amide bonds. The Kier molecular flexibility index (Phi) is 5.26. The van der Waals surface area contributed by atoms with E-state index >= 15 is 0 Å². The fourth-order valence-electron chi connectivity index (χ4n) is 2.21. The van der Waals surface area contributed by atoms with E-state index in [9.17, 15) is 13.2 Å². The van der Waals surface area contributed by atoms with Gasteiger partial charge in [-0.1, -0.05) is 29.8 Å². The van der Waals surface area contributed by atoms with Gasteiger partial charge in [-0.2, -0.15) is 0 Å². The average molecular weight is 426 g/mol. The minimum atomic E-state index is -3.76. The van der Waals surface area contributed by atoms with Crippen LogP contribution in [0.15, 0.2) is 53.4 Å². The van der Waals surface area contributed by atoms with E-state index < -0.39 is 15.9 Å². The molecule has 26 heavy (non-hydrogen) atoms. The van der Waals surface area contributed by atoms with Gasteiger partial charge in [-0.15, -0.1) is 11.3 Å². The predicted octanol–water partition coefficient (Wildman–Crippen LogP) is 3.33. The Labute approximate surface area is 164 Å². The number of anilines is 1. The predicted molar refractivity (Wildman–Crippen MR) is 108 cm³/mol. The molecule has 3 aromatic rings. The average Bonchev–Trinajstić information content (AvgIpc) is 2.92. The third-order valence-electron chi connectivity index (χ3n) is 3.41. The van der Waals surface area contributed by atoms with Crippen LogP contribution in [0.5, 0.6) is 0 Å². The van der Waals surface area contributed by atoms with E-state index in [-0.39, 0.29) is 10.0 Å². The van der Waals surface area contributed by atoms with Gasteiger partial charge in [-0.05, 0) is 42.5 Å². The maximum atomic E-state index is 12.4. The van der Waals surface area contributed by atoms with Crippen LogP contribution in [0.3, 0.4) is 0 Å². The largest absolute Gasteiger partial charge is 0.332 e. The second kappa shape index (κ2) is 7.29. The molecule has 0 saturated heterocycles. The van der Waals surface area contributed by atoms with Crippen LogP contribution < -0.4 is 15.8 Å². The van der Waals surface area contributed by atoms with E-state index in [4.69, 9.17) is 29.0 Å². The lowest BCUT2D eigenvalue weighted by molar-refractivity contribution is 0.0982. The summed E-state index contributed by atoms with van der Waals surface area (Å²) < 4.78 is 23.4. The van der Waals surface area contributed by atoms with Gasteiger partial charge < -0.3 is 5.32 Å². The van der Waals surface area contributed by atoms with Crippen LogP contribution >= 0.6 is 35.2 Å². The third-order valence-corrected chi connectivity index (χ3v) is 6.22. The molecule has 0 aliphatic carbocycles. The number of benzene rings is 2. The number of sulfonamides is 1. The van der Waals surface area contributed by atoms with Crippen LogP contribution in [0.4, 0.5) is 5.69 Å². The molecule has 1 heterocycles. The van der Waals surface area contributed by atoms with Gasteiger partial charge in [-0.25, -0.2) is 13.6 Å². The first-order chi connectivity index (χ1) is 12.3. The molecule has 0 bridgehead atoms. The van der Waals surface area contributed by atoms with Gasteiger partial charge in [0.05, 0.1) is 9.92 Å². The number of amides is 1. The minimum Gasteiger partial charge on any atom is -0.332 e. The van der Waals surface area contributed by atoms with Crippen LogP contribution in [0.2, 0.25) is 5.02 Å². The lowest BCUT2D eigenvalue weighted by atomic mass is 10.2. The Balaban J connectivity index is 1.71. The van der Waals surface area contributed by atoms with Crippen molar-refractivity contribution in [1.82, 2.24) is 5.32 Å². The highest BCUT2D eigenvalue weighted by molar-refractivity contribution is 7.89. The monoisotopic (exact) mass is 425 g/mol. The highest BCUT2D eigenvalue weighted by atomic mass is 35.5. The molecule has 0 radical (unpaired) electrons. The molecule has 1 aromatic heterocycles. The zero-order chi connectivity index (χ0) is 18.9. The van der Waals surface area contributed by atoms with Crippen molar-refractivity contribution < 1.29 is 13.2 Å².